The molecule has 0 spiro atoms. The number of anilines is 2. The van der Waals surface area contributed by atoms with Crippen molar-refractivity contribution in [2.45, 2.75) is 32.1 Å². The first-order valence-electron chi connectivity index (χ1n) is 10.8. The Kier molecular flexibility index (Phi) is 6.29. The zero-order valence-corrected chi connectivity index (χ0v) is 17.0. The summed E-state index contributed by atoms with van der Waals surface area (Å²) in [4.78, 5) is 40.2. The van der Waals surface area contributed by atoms with Crippen LogP contribution in [0, 0.1) is 22.0 Å². The molecule has 4 rings (SSSR count). The number of nitro groups is 1. The van der Waals surface area contributed by atoms with Crippen molar-refractivity contribution in [3.05, 3.63) is 28.3 Å². The molecule has 9 heteroatoms. The Bertz CT molecular complexity index is 800. The van der Waals surface area contributed by atoms with Gasteiger partial charge in [0.05, 0.1) is 35.7 Å². The summed E-state index contributed by atoms with van der Waals surface area (Å²) >= 11 is 0. The smallest absolute Gasteiger partial charge is 0.294 e. The highest BCUT2D eigenvalue weighted by Gasteiger charge is 2.49. The molecule has 2 atom stereocenters. The highest BCUT2D eigenvalue weighted by Crippen LogP contribution is 2.41. The maximum Gasteiger partial charge on any atom is 0.294 e. The molecule has 1 aromatic carbocycles. The minimum atomic E-state index is -0.466. The summed E-state index contributed by atoms with van der Waals surface area (Å²) in [5, 5.41) is 14.8. The molecule has 2 saturated heterocycles. The Labute approximate surface area is 175 Å². The number of amides is 2. The van der Waals surface area contributed by atoms with Crippen LogP contribution in [-0.2, 0) is 14.3 Å². The van der Waals surface area contributed by atoms with Crippen LogP contribution >= 0.6 is 0 Å². The molecule has 1 saturated carbocycles. The summed E-state index contributed by atoms with van der Waals surface area (Å²) in [6.07, 6.45) is 4.18. The molecule has 0 radical (unpaired) electrons. The SMILES string of the molecule is O=C1[C@H]2CCCC[C@H]2C(=O)N1c1ccc(NCCCN2CCOCC2)c([N+](=O)[O-])c1. The predicted octanol–water partition coefficient (Wildman–Crippen LogP) is 2.41. The molecule has 0 bridgehead atoms. The number of fused-ring (bicyclic) bond motifs is 1. The van der Waals surface area contributed by atoms with Crippen molar-refractivity contribution >= 4 is 28.9 Å². The number of benzene rings is 1. The van der Waals surface area contributed by atoms with E-state index in [0.29, 0.717) is 17.9 Å². The van der Waals surface area contributed by atoms with Gasteiger partial charge in [0.25, 0.3) is 5.69 Å². The molecule has 2 aliphatic heterocycles. The Morgan fingerprint density at radius 1 is 1.10 bits per heavy atom. The van der Waals surface area contributed by atoms with Gasteiger partial charge in [-0.3, -0.25) is 24.6 Å². The Morgan fingerprint density at radius 2 is 1.77 bits per heavy atom. The number of nitrogens with one attached hydrogen (secondary N) is 1. The van der Waals surface area contributed by atoms with Crippen molar-refractivity contribution in [3.63, 3.8) is 0 Å². The van der Waals surface area contributed by atoms with E-state index < -0.39 is 4.92 Å². The van der Waals surface area contributed by atoms with Crippen LogP contribution in [0.25, 0.3) is 0 Å². The number of carbonyl (C=O) groups is 2. The van der Waals surface area contributed by atoms with Crippen LogP contribution < -0.4 is 10.2 Å². The van der Waals surface area contributed by atoms with E-state index in [9.17, 15) is 19.7 Å². The summed E-state index contributed by atoms with van der Waals surface area (Å²) < 4.78 is 5.33. The minimum absolute atomic E-state index is 0.116. The maximum atomic E-state index is 12.8. The van der Waals surface area contributed by atoms with E-state index in [1.54, 1.807) is 12.1 Å². The van der Waals surface area contributed by atoms with Crippen molar-refractivity contribution in [2.75, 3.05) is 49.6 Å². The van der Waals surface area contributed by atoms with Crippen LogP contribution in [0.15, 0.2) is 18.2 Å². The number of imide groups is 1. The average molecular weight is 416 g/mol. The molecule has 30 heavy (non-hydrogen) atoms. The highest BCUT2D eigenvalue weighted by atomic mass is 16.6. The van der Waals surface area contributed by atoms with Crippen LogP contribution in [0.2, 0.25) is 0 Å². The summed E-state index contributed by atoms with van der Waals surface area (Å²) in [5.41, 5.74) is 0.585. The standard InChI is InChI=1S/C21H28N4O5/c26-20-16-4-1-2-5-17(16)21(27)24(20)15-6-7-18(19(14-15)25(28)29)22-8-3-9-23-10-12-30-13-11-23/h6-7,14,16-17,22H,1-5,8-13H2/t16-,17+. The van der Waals surface area contributed by atoms with Crippen molar-refractivity contribution in [1.29, 1.82) is 0 Å². The lowest BCUT2D eigenvalue weighted by molar-refractivity contribution is -0.383. The minimum Gasteiger partial charge on any atom is -0.379 e. The topological polar surface area (TPSA) is 105 Å². The fourth-order valence-electron chi connectivity index (χ4n) is 4.73. The molecule has 1 aliphatic carbocycles. The number of hydrogen-bond acceptors (Lipinski definition) is 7. The van der Waals surface area contributed by atoms with Gasteiger partial charge in [-0.05, 0) is 37.9 Å². The third-order valence-electron chi connectivity index (χ3n) is 6.35. The van der Waals surface area contributed by atoms with Crippen LogP contribution in [0.5, 0.6) is 0 Å². The normalized spacial score (nSPS) is 24.7. The van der Waals surface area contributed by atoms with E-state index in [4.69, 9.17) is 4.74 Å². The van der Waals surface area contributed by atoms with Gasteiger partial charge in [0.2, 0.25) is 11.8 Å². The lowest BCUT2D eigenvalue weighted by Crippen LogP contribution is -2.37. The van der Waals surface area contributed by atoms with E-state index in [2.05, 4.69) is 10.2 Å². The van der Waals surface area contributed by atoms with E-state index >= 15 is 0 Å². The Hall–Kier alpha value is -2.52. The van der Waals surface area contributed by atoms with Gasteiger partial charge in [-0.1, -0.05) is 12.8 Å². The third kappa shape index (κ3) is 4.17. The van der Waals surface area contributed by atoms with Crippen LogP contribution in [-0.4, -0.2) is 61.0 Å². The van der Waals surface area contributed by atoms with E-state index in [1.165, 1.54) is 6.07 Å². The fourth-order valence-corrected chi connectivity index (χ4v) is 4.73. The summed E-state index contributed by atoms with van der Waals surface area (Å²) in [6.45, 7) is 4.82. The molecule has 3 fully saturated rings. The zero-order valence-electron chi connectivity index (χ0n) is 17.0. The largest absolute Gasteiger partial charge is 0.379 e. The van der Waals surface area contributed by atoms with Gasteiger partial charge in [-0.25, -0.2) is 4.90 Å². The Morgan fingerprint density at radius 3 is 2.40 bits per heavy atom. The molecule has 2 amide bonds. The predicted molar refractivity (Wildman–Crippen MR) is 111 cm³/mol. The number of carbonyl (C=O) groups excluding carboxylic acids is 2. The first-order chi connectivity index (χ1) is 14.6. The van der Waals surface area contributed by atoms with Crippen molar-refractivity contribution < 1.29 is 19.2 Å². The number of rotatable bonds is 7. The molecule has 3 aliphatic rings. The van der Waals surface area contributed by atoms with Gasteiger partial charge in [0.15, 0.2) is 0 Å². The number of hydrogen-bond donors (Lipinski definition) is 1. The van der Waals surface area contributed by atoms with Gasteiger partial charge in [-0.15, -0.1) is 0 Å². The molecule has 0 unspecified atom stereocenters. The van der Waals surface area contributed by atoms with Crippen molar-refractivity contribution in [1.82, 2.24) is 4.90 Å². The summed E-state index contributed by atoms with van der Waals surface area (Å²) in [5.74, 6) is -0.984. The third-order valence-corrected chi connectivity index (χ3v) is 6.35. The van der Waals surface area contributed by atoms with Gasteiger partial charge >= 0.3 is 0 Å². The van der Waals surface area contributed by atoms with E-state index in [1.807, 2.05) is 0 Å². The van der Waals surface area contributed by atoms with Gasteiger partial charge in [0.1, 0.15) is 5.69 Å². The molecular formula is C21H28N4O5. The van der Waals surface area contributed by atoms with Crippen LogP contribution in [0.4, 0.5) is 17.1 Å². The summed E-state index contributed by atoms with van der Waals surface area (Å²) in [7, 11) is 0. The molecular weight excluding hydrogens is 388 g/mol. The van der Waals surface area contributed by atoms with Gasteiger partial charge < -0.3 is 10.1 Å². The second kappa shape index (κ2) is 9.09. The van der Waals surface area contributed by atoms with Crippen LogP contribution in [0.3, 0.4) is 0 Å². The second-order valence-electron chi connectivity index (χ2n) is 8.20. The highest BCUT2D eigenvalue weighted by molar-refractivity contribution is 6.22. The lowest BCUT2D eigenvalue weighted by atomic mass is 9.81. The quantitative estimate of drug-likeness (QED) is 0.315. The lowest BCUT2D eigenvalue weighted by Gasteiger charge is -2.26. The number of nitro benzene ring substituents is 1. The first kappa shape index (κ1) is 20.7. The maximum absolute atomic E-state index is 12.8. The van der Waals surface area contributed by atoms with Crippen molar-refractivity contribution in [2.24, 2.45) is 11.8 Å². The summed E-state index contributed by atoms with van der Waals surface area (Å²) in [6, 6.07) is 4.58. The average Bonchev–Trinajstić information content (AvgIpc) is 3.02. The monoisotopic (exact) mass is 416 g/mol. The molecule has 162 valence electrons. The van der Waals surface area contributed by atoms with E-state index in [0.717, 1.165) is 69.9 Å². The molecule has 1 N–H and O–H groups in total. The van der Waals surface area contributed by atoms with Gasteiger partial charge in [-0.2, -0.15) is 0 Å². The van der Waals surface area contributed by atoms with Crippen LogP contribution in [0.1, 0.15) is 32.1 Å². The first-order valence-corrected chi connectivity index (χ1v) is 10.8. The van der Waals surface area contributed by atoms with Crippen molar-refractivity contribution in [3.8, 4) is 0 Å². The zero-order chi connectivity index (χ0) is 21.1. The second-order valence-corrected chi connectivity index (χ2v) is 8.20. The number of ether oxygens (including phenoxy) is 1. The Balaban J connectivity index is 1.43. The fraction of sp³-hybridized carbons (Fsp3) is 0.619. The molecule has 1 aromatic rings. The molecule has 0 aromatic heterocycles. The number of morpholine rings is 1. The molecule has 9 nitrogen and oxygen atoms in total. The van der Waals surface area contributed by atoms with E-state index in [-0.39, 0.29) is 29.3 Å². The van der Waals surface area contributed by atoms with Gasteiger partial charge in [0, 0.05) is 25.7 Å². The number of nitrogens with zero attached hydrogens (tertiary/aromatic N) is 3. The molecule has 2 heterocycles.